The number of hydrogen-bond donors (Lipinski definition) is 0. The molecule has 0 amide bonds. The average Bonchev–Trinajstić information content (AvgIpc) is 2.05. The average molecular weight is 153 g/mol. The van der Waals surface area contributed by atoms with Gasteiger partial charge in [0.2, 0.25) is 0 Å². The van der Waals surface area contributed by atoms with Gasteiger partial charge >= 0.3 is 0 Å². The second kappa shape index (κ2) is 3.67. The molecule has 0 fully saturated rings. The van der Waals surface area contributed by atoms with Gasteiger partial charge in [-0.05, 0) is 19.9 Å². The lowest BCUT2D eigenvalue weighted by Gasteiger charge is -2.24. The number of carbonyl (C=O) groups is 1. The first-order chi connectivity index (χ1) is 5.24. The van der Waals surface area contributed by atoms with Gasteiger partial charge in [0.25, 0.3) is 0 Å². The molecule has 2 heteroatoms. The standard InChI is InChI=1S/C9H15NO/c1-3-10-6-4-5-9(7-10)8(2)11/h5H,3-4,6-7H2,1-2H3. The number of carbonyl (C=O) groups excluding carboxylic acids is 1. The molecule has 1 aliphatic heterocycles. The summed E-state index contributed by atoms with van der Waals surface area (Å²) in [6.45, 7) is 6.78. The zero-order chi connectivity index (χ0) is 8.27. The summed E-state index contributed by atoms with van der Waals surface area (Å²) < 4.78 is 0. The van der Waals surface area contributed by atoms with E-state index in [1.54, 1.807) is 6.92 Å². The van der Waals surface area contributed by atoms with E-state index >= 15 is 0 Å². The third-order valence-corrected chi connectivity index (χ3v) is 2.13. The van der Waals surface area contributed by atoms with Crippen LogP contribution in [0.2, 0.25) is 0 Å². The molecule has 1 heterocycles. The maximum absolute atomic E-state index is 11.0. The molecule has 0 bridgehead atoms. The fourth-order valence-electron chi connectivity index (χ4n) is 1.33. The number of ketones is 1. The van der Waals surface area contributed by atoms with Crippen LogP contribution in [0.25, 0.3) is 0 Å². The highest BCUT2D eigenvalue weighted by molar-refractivity contribution is 5.93. The van der Waals surface area contributed by atoms with Gasteiger partial charge in [0, 0.05) is 18.7 Å². The van der Waals surface area contributed by atoms with Crippen LogP contribution in [-0.4, -0.2) is 30.3 Å². The molecule has 0 saturated carbocycles. The van der Waals surface area contributed by atoms with Crippen LogP contribution in [0.15, 0.2) is 11.6 Å². The van der Waals surface area contributed by atoms with Crippen molar-refractivity contribution in [3.8, 4) is 0 Å². The van der Waals surface area contributed by atoms with Crippen LogP contribution in [0, 0.1) is 0 Å². The first-order valence-corrected chi connectivity index (χ1v) is 4.16. The van der Waals surface area contributed by atoms with Gasteiger partial charge in [0.15, 0.2) is 5.78 Å². The fraction of sp³-hybridized carbons (Fsp3) is 0.667. The summed E-state index contributed by atoms with van der Waals surface area (Å²) in [4.78, 5) is 13.3. The van der Waals surface area contributed by atoms with Crippen molar-refractivity contribution < 1.29 is 4.79 Å². The Morgan fingerprint density at radius 3 is 3.00 bits per heavy atom. The van der Waals surface area contributed by atoms with E-state index < -0.39 is 0 Å². The van der Waals surface area contributed by atoms with Gasteiger partial charge < -0.3 is 0 Å². The molecule has 0 atom stereocenters. The van der Waals surface area contributed by atoms with Crippen LogP contribution in [0.3, 0.4) is 0 Å². The highest BCUT2D eigenvalue weighted by atomic mass is 16.1. The van der Waals surface area contributed by atoms with E-state index in [2.05, 4.69) is 17.9 Å². The van der Waals surface area contributed by atoms with Gasteiger partial charge in [0.1, 0.15) is 0 Å². The molecule has 0 aliphatic carbocycles. The summed E-state index contributed by atoms with van der Waals surface area (Å²) in [7, 11) is 0. The van der Waals surface area contributed by atoms with Gasteiger partial charge in [0.05, 0.1) is 0 Å². The van der Waals surface area contributed by atoms with Crippen LogP contribution >= 0.6 is 0 Å². The number of nitrogens with zero attached hydrogens (tertiary/aromatic N) is 1. The molecule has 0 aromatic carbocycles. The van der Waals surface area contributed by atoms with E-state index in [-0.39, 0.29) is 5.78 Å². The van der Waals surface area contributed by atoms with Crippen molar-refractivity contribution in [3.63, 3.8) is 0 Å². The van der Waals surface area contributed by atoms with Crippen molar-refractivity contribution in [1.29, 1.82) is 0 Å². The molecule has 62 valence electrons. The van der Waals surface area contributed by atoms with Gasteiger partial charge in [-0.3, -0.25) is 9.69 Å². The summed E-state index contributed by atoms with van der Waals surface area (Å²) in [5, 5.41) is 0. The Morgan fingerprint density at radius 2 is 2.45 bits per heavy atom. The lowest BCUT2D eigenvalue weighted by atomic mass is 10.1. The normalized spacial score (nSPS) is 19.6. The summed E-state index contributed by atoms with van der Waals surface area (Å²) in [6, 6.07) is 0. The molecular weight excluding hydrogens is 138 g/mol. The minimum atomic E-state index is 0.225. The van der Waals surface area contributed by atoms with Crippen molar-refractivity contribution in [2.24, 2.45) is 0 Å². The summed E-state index contributed by atoms with van der Waals surface area (Å²) in [5.41, 5.74) is 0.984. The maximum Gasteiger partial charge on any atom is 0.156 e. The minimum Gasteiger partial charge on any atom is -0.299 e. The summed E-state index contributed by atoms with van der Waals surface area (Å²) in [5.74, 6) is 0.225. The van der Waals surface area contributed by atoms with Crippen LogP contribution < -0.4 is 0 Å². The number of hydrogen-bond acceptors (Lipinski definition) is 2. The first-order valence-electron chi connectivity index (χ1n) is 4.16. The van der Waals surface area contributed by atoms with Gasteiger partial charge in [-0.1, -0.05) is 13.0 Å². The van der Waals surface area contributed by atoms with E-state index in [1.165, 1.54) is 0 Å². The highest BCUT2D eigenvalue weighted by Crippen LogP contribution is 2.09. The predicted octanol–water partition coefficient (Wildman–Crippen LogP) is 1.23. The van der Waals surface area contributed by atoms with Crippen LogP contribution in [-0.2, 0) is 4.79 Å². The van der Waals surface area contributed by atoms with Crippen molar-refractivity contribution in [2.75, 3.05) is 19.6 Å². The van der Waals surface area contributed by atoms with Crippen LogP contribution in [0.5, 0.6) is 0 Å². The third kappa shape index (κ3) is 2.15. The zero-order valence-corrected chi connectivity index (χ0v) is 7.26. The molecule has 1 aliphatic rings. The Bertz CT molecular complexity index is 184. The molecule has 11 heavy (non-hydrogen) atoms. The van der Waals surface area contributed by atoms with Crippen molar-refractivity contribution >= 4 is 5.78 Å². The SMILES string of the molecule is CCN1CCC=C(C(C)=O)C1. The van der Waals surface area contributed by atoms with Gasteiger partial charge in [-0.15, -0.1) is 0 Å². The summed E-state index contributed by atoms with van der Waals surface area (Å²) in [6.07, 6.45) is 3.09. The monoisotopic (exact) mass is 153 g/mol. The zero-order valence-electron chi connectivity index (χ0n) is 7.26. The molecular formula is C9H15NO. The third-order valence-electron chi connectivity index (χ3n) is 2.13. The molecule has 0 spiro atoms. The van der Waals surface area contributed by atoms with Crippen LogP contribution in [0.1, 0.15) is 20.3 Å². The largest absolute Gasteiger partial charge is 0.299 e. The number of Topliss-reactive ketones (excluding diaryl/α,β-unsaturated/α-hetero) is 1. The second-order valence-electron chi connectivity index (χ2n) is 2.94. The molecule has 0 aromatic heterocycles. The Morgan fingerprint density at radius 1 is 1.73 bits per heavy atom. The molecule has 1 rings (SSSR count). The minimum absolute atomic E-state index is 0.225. The molecule has 0 aromatic rings. The van der Waals surface area contributed by atoms with Crippen LogP contribution in [0.4, 0.5) is 0 Å². The molecule has 0 saturated heterocycles. The summed E-state index contributed by atoms with van der Waals surface area (Å²) >= 11 is 0. The Hall–Kier alpha value is -0.630. The van der Waals surface area contributed by atoms with E-state index in [9.17, 15) is 4.79 Å². The molecule has 2 nitrogen and oxygen atoms in total. The van der Waals surface area contributed by atoms with Gasteiger partial charge in [-0.25, -0.2) is 0 Å². The van der Waals surface area contributed by atoms with Gasteiger partial charge in [-0.2, -0.15) is 0 Å². The second-order valence-corrected chi connectivity index (χ2v) is 2.94. The van der Waals surface area contributed by atoms with E-state index in [0.717, 1.165) is 31.6 Å². The highest BCUT2D eigenvalue weighted by Gasteiger charge is 2.12. The molecule has 0 N–H and O–H groups in total. The van der Waals surface area contributed by atoms with Crippen molar-refractivity contribution in [2.45, 2.75) is 20.3 Å². The van der Waals surface area contributed by atoms with Crippen molar-refractivity contribution in [1.82, 2.24) is 4.90 Å². The molecule has 0 unspecified atom stereocenters. The predicted molar refractivity (Wildman–Crippen MR) is 45.5 cm³/mol. The Labute approximate surface area is 67.9 Å². The van der Waals surface area contributed by atoms with E-state index in [0.29, 0.717) is 0 Å². The Balaban J connectivity index is 2.55. The quantitative estimate of drug-likeness (QED) is 0.594. The first kappa shape index (κ1) is 8.47. The van der Waals surface area contributed by atoms with E-state index in [4.69, 9.17) is 0 Å². The lowest BCUT2D eigenvalue weighted by molar-refractivity contribution is -0.114. The molecule has 0 radical (unpaired) electrons. The smallest absolute Gasteiger partial charge is 0.156 e. The van der Waals surface area contributed by atoms with E-state index in [1.807, 2.05) is 0 Å². The number of likely N-dealkylation sites (N-methyl/N-ethyl adjacent to an activating group) is 1. The van der Waals surface area contributed by atoms with Crippen molar-refractivity contribution in [3.05, 3.63) is 11.6 Å². The Kier molecular flexibility index (Phi) is 2.83. The maximum atomic E-state index is 11.0. The number of rotatable bonds is 2. The lowest BCUT2D eigenvalue weighted by Crippen LogP contribution is -2.31. The fourth-order valence-corrected chi connectivity index (χ4v) is 1.33. The topological polar surface area (TPSA) is 20.3 Å².